The second-order valence-corrected chi connectivity index (χ2v) is 6.62. The molecular formula is C14H30N2. The van der Waals surface area contributed by atoms with Gasteiger partial charge in [-0.1, -0.05) is 27.7 Å². The minimum Gasteiger partial charge on any atom is -0.316 e. The summed E-state index contributed by atoms with van der Waals surface area (Å²) in [6, 6.07) is 0. The molecule has 0 aromatic carbocycles. The Bertz CT molecular complexity index is 193. The van der Waals surface area contributed by atoms with Gasteiger partial charge in [-0.05, 0) is 50.2 Å². The van der Waals surface area contributed by atoms with E-state index in [1.807, 2.05) is 0 Å². The van der Waals surface area contributed by atoms with Crippen molar-refractivity contribution in [1.82, 2.24) is 10.2 Å². The predicted molar refractivity (Wildman–Crippen MR) is 71.7 cm³/mol. The lowest BCUT2D eigenvalue weighted by atomic mass is 9.74. The normalized spacial score (nSPS) is 23.1. The quantitative estimate of drug-likeness (QED) is 0.775. The summed E-state index contributed by atoms with van der Waals surface area (Å²) >= 11 is 0. The zero-order valence-corrected chi connectivity index (χ0v) is 11.8. The summed E-state index contributed by atoms with van der Waals surface area (Å²) in [6.07, 6.45) is 2.75. The SMILES string of the molecule is CC(C)CN(C)CC(C)(C)C1CCCNC1. The van der Waals surface area contributed by atoms with Gasteiger partial charge in [0, 0.05) is 13.1 Å². The number of nitrogens with one attached hydrogen (secondary N) is 1. The van der Waals surface area contributed by atoms with Gasteiger partial charge in [0.05, 0.1) is 0 Å². The van der Waals surface area contributed by atoms with E-state index in [9.17, 15) is 0 Å². The molecule has 1 rings (SSSR count). The summed E-state index contributed by atoms with van der Waals surface area (Å²) < 4.78 is 0. The summed E-state index contributed by atoms with van der Waals surface area (Å²) in [6.45, 7) is 14.3. The van der Waals surface area contributed by atoms with E-state index in [1.54, 1.807) is 0 Å². The molecule has 0 aromatic heterocycles. The molecule has 0 amide bonds. The lowest BCUT2D eigenvalue weighted by Gasteiger charge is -2.40. The highest BCUT2D eigenvalue weighted by Crippen LogP contribution is 2.32. The molecule has 0 spiro atoms. The van der Waals surface area contributed by atoms with Crippen LogP contribution in [0.5, 0.6) is 0 Å². The zero-order valence-electron chi connectivity index (χ0n) is 11.8. The first-order valence-corrected chi connectivity index (χ1v) is 6.81. The van der Waals surface area contributed by atoms with Crippen molar-refractivity contribution in [3.05, 3.63) is 0 Å². The predicted octanol–water partition coefficient (Wildman–Crippen LogP) is 2.60. The zero-order chi connectivity index (χ0) is 12.2. The molecule has 0 bridgehead atoms. The van der Waals surface area contributed by atoms with Crippen LogP contribution in [0.2, 0.25) is 0 Å². The maximum Gasteiger partial charge on any atom is 0.00329 e. The minimum atomic E-state index is 0.442. The van der Waals surface area contributed by atoms with E-state index in [1.165, 1.54) is 39.0 Å². The highest BCUT2D eigenvalue weighted by Gasteiger charge is 2.31. The fraction of sp³-hybridized carbons (Fsp3) is 1.00. The molecule has 1 heterocycles. The first kappa shape index (κ1) is 14.0. The average molecular weight is 226 g/mol. The minimum absolute atomic E-state index is 0.442. The van der Waals surface area contributed by atoms with E-state index in [0.29, 0.717) is 5.41 Å². The van der Waals surface area contributed by atoms with Crippen LogP contribution in [-0.2, 0) is 0 Å². The Labute approximate surface area is 102 Å². The Morgan fingerprint density at radius 1 is 1.38 bits per heavy atom. The van der Waals surface area contributed by atoms with Gasteiger partial charge < -0.3 is 10.2 Å². The van der Waals surface area contributed by atoms with E-state index < -0.39 is 0 Å². The molecular weight excluding hydrogens is 196 g/mol. The van der Waals surface area contributed by atoms with Crippen LogP contribution in [0.15, 0.2) is 0 Å². The molecule has 16 heavy (non-hydrogen) atoms. The van der Waals surface area contributed by atoms with Crippen molar-refractivity contribution in [2.24, 2.45) is 17.3 Å². The van der Waals surface area contributed by atoms with Gasteiger partial charge in [0.2, 0.25) is 0 Å². The molecule has 1 saturated heterocycles. The van der Waals surface area contributed by atoms with Crippen LogP contribution in [0, 0.1) is 17.3 Å². The standard InChI is InChI=1S/C14H30N2/c1-12(2)10-16(5)11-14(3,4)13-7-6-8-15-9-13/h12-13,15H,6-11H2,1-5H3. The molecule has 1 aliphatic rings. The van der Waals surface area contributed by atoms with Gasteiger partial charge in [0.1, 0.15) is 0 Å². The third kappa shape index (κ3) is 4.42. The first-order valence-electron chi connectivity index (χ1n) is 6.81. The topological polar surface area (TPSA) is 15.3 Å². The Hall–Kier alpha value is -0.0800. The van der Waals surface area contributed by atoms with E-state index in [-0.39, 0.29) is 0 Å². The van der Waals surface area contributed by atoms with Crippen LogP contribution >= 0.6 is 0 Å². The van der Waals surface area contributed by atoms with Gasteiger partial charge in [0.15, 0.2) is 0 Å². The monoisotopic (exact) mass is 226 g/mol. The largest absolute Gasteiger partial charge is 0.316 e. The number of hydrogen-bond donors (Lipinski definition) is 1. The van der Waals surface area contributed by atoms with Gasteiger partial charge in [-0.25, -0.2) is 0 Å². The maximum absolute atomic E-state index is 3.54. The van der Waals surface area contributed by atoms with Crippen molar-refractivity contribution in [1.29, 1.82) is 0 Å². The molecule has 2 nitrogen and oxygen atoms in total. The fourth-order valence-electron chi connectivity index (χ4n) is 3.03. The molecule has 1 unspecified atom stereocenters. The third-order valence-corrected chi connectivity index (χ3v) is 3.76. The van der Waals surface area contributed by atoms with Gasteiger partial charge in [-0.2, -0.15) is 0 Å². The Kier molecular flexibility index (Phi) is 5.26. The molecule has 1 aliphatic heterocycles. The summed E-state index contributed by atoms with van der Waals surface area (Å²) in [5.74, 6) is 1.61. The molecule has 0 radical (unpaired) electrons. The maximum atomic E-state index is 3.54. The van der Waals surface area contributed by atoms with Crippen LogP contribution in [0.25, 0.3) is 0 Å². The average Bonchev–Trinajstić information content (AvgIpc) is 2.16. The highest BCUT2D eigenvalue weighted by molar-refractivity contribution is 4.85. The van der Waals surface area contributed by atoms with E-state index in [0.717, 1.165) is 11.8 Å². The van der Waals surface area contributed by atoms with Crippen LogP contribution in [0.1, 0.15) is 40.5 Å². The molecule has 1 N–H and O–H groups in total. The molecule has 1 atom stereocenters. The molecule has 96 valence electrons. The third-order valence-electron chi connectivity index (χ3n) is 3.76. The van der Waals surface area contributed by atoms with Crippen LogP contribution in [-0.4, -0.2) is 38.1 Å². The number of hydrogen-bond acceptors (Lipinski definition) is 2. The van der Waals surface area contributed by atoms with Crippen molar-refractivity contribution in [2.75, 3.05) is 33.2 Å². The second kappa shape index (κ2) is 6.02. The van der Waals surface area contributed by atoms with Crippen LogP contribution in [0.3, 0.4) is 0 Å². The van der Waals surface area contributed by atoms with Gasteiger partial charge in [0.25, 0.3) is 0 Å². The van der Waals surface area contributed by atoms with Crippen molar-refractivity contribution in [3.63, 3.8) is 0 Å². The summed E-state index contributed by atoms with van der Waals surface area (Å²) in [5.41, 5.74) is 0.442. The van der Waals surface area contributed by atoms with Gasteiger partial charge in [-0.15, -0.1) is 0 Å². The van der Waals surface area contributed by atoms with Crippen LogP contribution < -0.4 is 5.32 Å². The Morgan fingerprint density at radius 2 is 2.06 bits per heavy atom. The molecule has 0 aromatic rings. The number of rotatable bonds is 5. The van der Waals surface area contributed by atoms with Gasteiger partial charge in [-0.3, -0.25) is 0 Å². The number of piperidine rings is 1. The van der Waals surface area contributed by atoms with E-state index in [4.69, 9.17) is 0 Å². The van der Waals surface area contributed by atoms with E-state index >= 15 is 0 Å². The van der Waals surface area contributed by atoms with Crippen LogP contribution in [0.4, 0.5) is 0 Å². The van der Waals surface area contributed by atoms with Crippen molar-refractivity contribution >= 4 is 0 Å². The second-order valence-electron chi connectivity index (χ2n) is 6.62. The first-order chi connectivity index (χ1) is 7.42. The lowest BCUT2D eigenvalue weighted by molar-refractivity contribution is 0.108. The fourth-order valence-corrected chi connectivity index (χ4v) is 3.03. The van der Waals surface area contributed by atoms with Crippen molar-refractivity contribution < 1.29 is 0 Å². The van der Waals surface area contributed by atoms with Crippen molar-refractivity contribution in [2.45, 2.75) is 40.5 Å². The summed E-state index contributed by atoms with van der Waals surface area (Å²) in [4.78, 5) is 2.50. The summed E-state index contributed by atoms with van der Waals surface area (Å²) in [5, 5.41) is 3.54. The Balaban J connectivity index is 2.42. The summed E-state index contributed by atoms with van der Waals surface area (Å²) in [7, 11) is 2.26. The van der Waals surface area contributed by atoms with Gasteiger partial charge >= 0.3 is 0 Å². The Morgan fingerprint density at radius 3 is 2.56 bits per heavy atom. The van der Waals surface area contributed by atoms with Crippen molar-refractivity contribution in [3.8, 4) is 0 Å². The molecule has 1 fully saturated rings. The number of nitrogens with zero attached hydrogens (tertiary/aromatic N) is 1. The lowest BCUT2D eigenvalue weighted by Crippen LogP contribution is -2.44. The smallest absolute Gasteiger partial charge is 0.00329 e. The molecule has 2 heteroatoms. The highest BCUT2D eigenvalue weighted by atomic mass is 15.1. The van der Waals surface area contributed by atoms with E-state index in [2.05, 4.69) is 45.0 Å². The molecule has 0 aliphatic carbocycles. The molecule has 0 saturated carbocycles.